The van der Waals surface area contributed by atoms with Crippen molar-refractivity contribution in [1.82, 2.24) is 9.97 Å². The Bertz CT molecular complexity index is 1010. The Hall–Kier alpha value is -2.30. The van der Waals surface area contributed by atoms with Gasteiger partial charge in [-0.1, -0.05) is 35.3 Å². The molecule has 0 unspecified atom stereocenters. The molecule has 12 heteroatoms. The van der Waals surface area contributed by atoms with E-state index in [2.05, 4.69) is 9.97 Å². The average molecular weight is 562 g/mol. The van der Waals surface area contributed by atoms with Crippen LogP contribution < -0.4 is 10.2 Å². The van der Waals surface area contributed by atoms with Crippen LogP contribution in [0.1, 0.15) is 19.3 Å². The van der Waals surface area contributed by atoms with Crippen molar-refractivity contribution in [3.05, 3.63) is 91.5 Å². The predicted octanol–water partition coefficient (Wildman–Crippen LogP) is 2.75. The number of carboxylic acids is 2. The molecule has 4 heterocycles. The van der Waals surface area contributed by atoms with E-state index in [1.165, 1.54) is 24.3 Å². The van der Waals surface area contributed by atoms with Crippen molar-refractivity contribution in [1.29, 1.82) is 0 Å². The molecule has 3 N–H and O–H groups in total. The minimum absolute atomic E-state index is 0. The number of aromatic nitrogens is 2. The van der Waals surface area contributed by atoms with Crippen molar-refractivity contribution in [3.63, 3.8) is 0 Å². The maximum absolute atomic E-state index is 10.1. The van der Waals surface area contributed by atoms with Gasteiger partial charge >= 0.3 is 17.1 Å². The molecule has 0 saturated carbocycles. The first-order valence-electron chi connectivity index (χ1n) is 8.12. The van der Waals surface area contributed by atoms with Gasteiger partial charge in [0.05, 0.1) is 41.8 Å². The Morgan fingerprint density at radius 3 is 1.25 bits per heavy atom. The van der Waals surface area contributed by atoms with Crippen molar-refractivity contribution >= 4 is 57.8 Å². The molecule has 0 spiro atoms. The van der Waals surface area contributed by atoms with Gasteiger partial charge in [0, 0.05) is 12.4 Å². The molecular weight excluding hydrogens is 547 g/mol. The second-order valence-electron chi connectivity index (χ2n) is 5.21. The van der Waals surface area contributed by atoms with E-state index in [-0.39, 0.29) is 32.3 Å². The SMILES string of the molecule is O=C([O-])c1ccc(Cl)s1.O=C([O-])c1ccc(Cl)s1.[Cu+2].[OH3+].c1ccc(-c2ccccn2)nc1. The van der Waals surface area contributed by atoms with Crippen molar-refractivity contribution < 1.29 is 42.3 Å². The van der Waals surface area contributed by atoms with E-state index < -0.39 is 11.9 Å². The summed E-state index contributed by atoms with van der Waals surface area (Å²) >= 11 is 12.9. The molecule has 0 aromatic carbocycles. The molecule has 7 nitrogen and oxygen atoms in total. The third kappa shape index (κ3) is 10.3. The first kappa shape index (κ1) is 29.7. The number of nitrogens with zero attached hydrogens (tertiary/aromatic N) is 2. The van der Waals surface area contributed by atoms with Crippen LogP contribution in [0.4, 0.5) is 0 Å². The fourth-order valence-electron chi connectivity index (χ4n) is 1.88. The summed E-state index contributed by atoms with van der Waals surface area (Å²) in [5.74, 6) is -2.35. The summed E-state index contributed by atoms with van der Waals surface area (Å²) in [6, 6.07) is 17.5. The Morgan fingerprint density at radius 2 is 1.06 bits per heavy atom. The largest absolute Gasteiger partial charge is 2.00 e. The zero-order valence-electron chi connectivity index (χ0n) is 15.9. The number of rotatable bonds is 3. The second-order valence-corrected chi connectivity index (χ2v) is 8.64. The monoisotopic (exact) mass is 560 g/mol. The summed E-state index contributed by atoms with van der Waals surface area (Å²) in [5, 5.41) is 20.1. The summed E-state index contributed by atoms with van der Waals surface area (Å²) < 4.78 is 0.934. The van der Waals surface area contributed by atoms with Crippen LogP contribution in [-0.2, 0) is 22.5 Å². The van der Waals surface area contributed by atoms with E-state index in [9.17, 15) is 19.8 Å². The van der Waals surface area contributed by atoms with Crippen LogP contribution >= 0.6 is 45.9 Å². The number of carbonyl (C=O) groups is 2. The molecule has 32 heavy (non-hydrogen) atoms. The van der Waals surface area contributed by atoms with Crippen LogP contribution in [0, 0.1) is 0 Å². The van der Waals surface area contributed by atoms with Crippen LogP contribution in [0.5, 0.6) is 0 Å². The quantitative estimate of drug-likeness (QED) is 0.278. The van der Waals surface area contributed by atoms with Crippen LogP contribution in [-0.4, -0.2) is 21.9 Å². The first-order valence-corrected chi connectivity index (χ1v) is 10.5. The second kappa shape index (κ2) is 15.5. The maximum atomic E-state index is 10.1. The molecule has 0 amide bonds. The van der Waals surface area contributed by atoms with E-state index in [0.717, 1.165) is 34.1 Å². The molecule has 4 aromatic rings. The zero-order chi connectivity index (χ0) is 21.9. The number of carboxylic acid groups (broad SMARTS) is 2. The van der Waals surface area contributed by atoms with Crippen molar-refractivity contribution in [2.45, 2.75) is 0 Å². The number of carbonyl (C=O) groups excluding carboxylic acids is 2. The van der Waals surface area contributed by atoms with E-state index >= 15 is 0 Å². The topological polar surface area (TPSA) is 139 Å². The fraction of sp³-hybridized carbons (Fsp3) is 0. The number of aromatic carboxylic acids is 2. The number of thiophene rings is 2. The maximum Gasteiger partial charge on any atom is 2.00 e. The van der Waals surface area contributed by atoms with E-state index in [1.54, 1.807) is 12.4 Å². The Kier molecular flexibility index (Phi) is 14.4. The Balaban J connectivity index is 0.000000444. The van der Waals surface area contributed by atoms with Crippen LogP contribution in [0.3, 0.4) is 0 Å². The van der Waals surface area contributed by atoms with Crippen molar-refractivity contribution in [2.24, 2.45) is 0 Å². The summed E-state index contributed by atoms with van der Waals surface area (Å²) in [6.07, 6.45) is 3.54. The molecular formula is C20H15Cl2CuN2O5S2+. The molecule has 0 fully saturated rings. The average Bonchev–Trinajstić information content (AvgIpc) is 3.39. The van der Waals surface area contributed by atoms with Gasteiger partial charge in [-0.25, -0.2) is 0 Å². The van der Waals surface area contributed by atoms with Gasteiger partial charge in [-0.05, 0) is 48.5 Å². The fourth-order valence-corrected chi connectivity index (χ4v) is 3.63. The molecule has 0 aliphatic heterocycles. The zero-order valence-corrected chi connectivity index (χ0v) is 20.0. The Labute approximate surface area is 212 Å². The third-order valence-electron chi connectivity index (χ3n) is 3.14. The van der Waals surface area contributed by atoms with Gasteiger partial charge in [0.2, 0.25) is 0 Å². The van der Waals surface area contributed by atoms with E-state index in [4.69, 9.17) is 23.2 Å². The Morgan fingerprint density at radius 1 is 0.688 bits per heavy atom. The van der Waals surface area contributed by atoms with Crippen LogP contribution in [0.15, 0.2) is 73.1 Å². The summed E-state index contributed by atoms with van der Waals surface area (Å²) in [4.78, 5) is 28.8. The predicted molar refractivity (Wildman–Crippen MR) is 120 cm³/mol. The van der Waals surface area contributed by atoms with Crippen molar-refractivity contribution in [2.75, 3.05) is 0 Å². The molecule has 0 saturated heterocycles. The van der Waals surface area contributed by atoms with Gasteiger partial charge in [-0.3, -0.25) is 9.97 Å². The van der Waals surface area contributed by atoms with Gasteiger partial charge < -0.3 is 25.3 Å². The molecule has 4 rings (SSSR count). The number of halogens is 2. The summed E-state index contributed by atoms with van der Waals surface area (Å²) in [6.45, 7) is 0. The molecule has 0 bridgehead atoms. The van der Waals surface area contributed by atoms with Gasteiger partial charge in [0.25, 0.3) is 0 Å². The molecule has 1 radical (unpaired) electrons. The number of hydrogen-bond acceptors (Lipinski definition) is 8. The minimum Gasteiger partial charge on any atom is -0.544 e. The molecule has 0 aliphatic rings. The molecule has 171 valence electrons. The summed E-state index contributed by atoms with van der Waals surface area (Å²) in [5.41, 5.74) is 1.83. The van der Waals surface area contributed by atoms with Crippen LogP contribution in [0.2, 0.25) is 8.67 Å². The standard InChI is InChI=1S/C10H8N2.2C5H3ClO2S.Cu.H2O/c1-3-7-11-9(5-1)10-6-2-4-8-12-10;2*6-4-2-1-3(9-4)5(7)8;;/h1-8H;2*1-2H,(H,7,8);;1H2/q;;;+2;/p-1. The van der Waals surface area contributed by atoms with E-state index in [1.807, 2.05) is 36.4 Å². The van der Waals surface area contributed by atoms with Gasteiger partial charge in [-0.15, -0.1) is 22.7 Å². The summed E-state index contributed by atoms with van der Waals surface area (Å²) in [7, 11) is 0. The minimum atomic E-state index is -1.17. The van der Waals surface area contributed by atoms with Crippen LogP contribution in [0.25, 0.3) is 11.4 Å². The van der Waals surface area contributed by atoms with Crippen molar-refractivity contribution in [3.8, 4) is 11.4 Å². The van der Waals surface area contributed by atoms with Gasteiger partial charge in [0.1, 0.15) is 0 Å². The van der Waals surface area contributed by atoms with E-state index in [0.29, 0.717) is 8.67 Å². The number of pyridine rings is 2. The molecule has 4 aromatic heterocycles. The normalized spacial score (nSPS) is 8.94. The first-order chi connectivity index (χ1) is 14.4. The smallest absolute Gasteiger partial charge is 0.544 e. The van der Waals surface area contributed by atoms with Gasteiger partial charge in [-0.2, -0.15) is 0 Å². The molecule has 0 atom stereocenters. The number of hydrogen-bond donors (Lipinski definition) is 0. The molecule has 0 aliphatic carbocycles. The third-order valence-corrected chi connectivity index (χ3v) is 5.56. The van der Waals surface area contributed by atoms with Gasteiger partial charge in [0.15, 0.2) is 0 Å².